The van der Waals surface area contributed by atoms with Crippen molar-refractivity contribution in [1.82, 2.24) is 5.32 Å². The number of furan rings is 1. The molecule has 1 aliphatic rings. The molecule has 3 rings (SSSR count). The number of carbonyl (C=O) groups excluding carboxylic acids is 1. The van der Waals surface area contributed by atoms with E-state index >= 15 is 0 Å². The molecule has 0 spiro atoms. The number of aryl methyl sites for hydroxylation is 3. The van der Waals surface area contributed by atoms with Crippen LogP contribution in [-0.2, 0) is 11.2 Å². The number of amides is 1. The van der Waals surface area contributed by atoms with E-state index in [1.165, 1.54) is 0 Å². The maximum absolute atomic E-state index is 12.0. The Hall–Kier alpha value is -2.62. The van der Waals surface area contributed by atoms with E-state index in [2.05, 4.69) is 28.5 Å². The average Bonchev–Trinajstić information content (AvgIpc) is 3.11. The molecule has 0 saturated heterocycles. The number of hydrogen-bond donors (Lipinski definition) is 1. The second kappa shape index (κ2) is 6.02. The predicted octanol–water partition coefficient (Wildman–Crippen LogP) is 3.40. The molecule has 2 aromatic rings. The van der Waals surface area contributed by atoms with E-state index in [0.29, 0.717) is 18.0 Å². The lowest BCUT2D eigenvalue weighted by atomic mass is 10.0. The number of amidine groups is 1. The maximum Gasteiger partial charge on any atom is 0.275 e. The third-order valence-corrected chi connectivity index (χ3v) is 3.66. The SMILES string of the molecule is Cc1ccc(C)c(/C=C2/N=C(CCc3ccco3)NC2=O)c1. The van der Waals surface area contributed by atoms with E-state index in [0.717, 1.165) is 28.9 Å². The van der Waals surface area contributed by atoms with Crippen molar-refractivity contribution in [2.24, 2.45) is 4.99 Å². The van der Waals surface area contributed by atoms with Crippen LogP contribution < -0.4 is 5.32 Å². The van der Waals surface area contributed by atoms with Crippen LogP contribution in [0.1, 0.15) is 28.9 Å². The van der Waals surface area contributed by atoms with E-state index in [1.54, 1.807) is 6.26 Å². The Morgan fingerprint density at radius 1 is 1.23 bits per heavy atom. The smallest absolute Gasteiger partial charge is 0.275 e. The second-order valence-electron chi connectivity index (χ2n) is 5.48. The highest BCUT2D eigenvalue weighted by molar-refractivity contribution is 6.14. The highest BCUT2D eigenvalue weighted by Gasteiger charge is 2.20. The van der Waals surface area contributed by atoms with Gasteiger partial charge in [0.05, 0.1) is 6.26 Å². The Bertz CT molecular complexity index is 755. The third kappa shape index (κ3) is 3.17. The molecule has 4 nitrogen and oxygen atoms in total. The average molecular weight is 294 g/mol. The largest absolute Gasteiger partial charge is 0.469 e. The van der Waals surface area contributed by atoms with E-state index in [1.807, 2.05) is 32.1 Å². The summed E-state index contributed by atoms with van der Waals surface area (Å²) in [6.45, 7) is 4.06. The molecule has 1 N–H and O–H groups in total. The van der Waals surface area contributed by atoms with Gasteiger partial charge in [-0.05, 0) is 43.2 Å². The maximum atomic E-state index is 12.0. The first-order valence-corrected chi connectivity index (χ1v) is 7.32. The molecule has 112 valence electrons. The standard InChI is InChI=1S/C18H18N2O2/c1-12-5-6-13(2)14(10-12)11-16-18(21)20-17(19-16)8-7-15-4-3-9-22-15/h3-6,9-11H,7-8H2,1-2H3,(H,19,20,21)/b16-11+. The van der Waals surface area contributed by atoms with E-state index in [4.69, 9.17) is 4.42 Å². The van der Waals surface area contributed by atoms with Gasteiger partial charge in [0, 0.05) is 12.8 Å². The first-order chi connectivity index (χ1) is 10.6. The van der Waals surface area contributed by atoms with Crippen LogP contribution in [0, 0.1) is 13.8 Å². The number of hydrogen-bond acceptors (Lipinski definition) is 3. The van der Waals surface area contributed by atoms with Gasteiger partial charge in [0.2, 0.25) is 0 Å². The number of aliphatic imine (C=N–C) groups is 1. The Labute approximate surface area is 129 Å². The van der Waals surface area contributed by atoms with Crippen LogP contribution in [0.5, 0.6) is 0 Å². The minimum Gasteiger partial charge on any atom is -0.469 e. The lowest BCUT2D eigenvalue weighted by Crippen LogP contribution is -2.24. The second-order valence-corrected chi connectivity index (χ2v) is 5.48. The van der Waals surface area contributed by atoms with Crippen molar-refractivity contribution >= 4 is 17.8 Å². The van der Waals surface area contributed by atoms with Gasteiger partial charge in [-0.3, -0.25) is 4.79 Å². The summed E-state index contributed by atoms with van der Waals surface area (Å²) >= 11 is 0. The van der Waals surface area contributed by atoms with Crippen molar-refractivity contribution in [3.63, 3.8) is 0 Å². The zero-order chi connectivity index (χ0) is 15.5. The molecule has 22 heavy (non-hydrogen) atoms. The zero-order valence-electron chi connectivity index (χ0n) is 12.7. The summed E-state index contributed by atoms with van der Waals surface area (Å²) in [6, 6.07) is 9.95. The number of nitrogens with zero attached hydrogens (tertiary/aromatic N) is 1. The number of carbonyl (C=O) groups is 1. The summed E-state index contributed by atoms with van der Waals surface area (Å²) in [6.07, 6.45) is 4.88. The number of rotatable bonds is 4. The first-order valence-electron chi connectivity index (χ1n) is 7.32. The van der Waals surface area contributed by atoms with Gasteiger partial charge >= 0.3 is 0 Å². The molecule has 0 aliphatic carbocycles. The van der Waals surface area contributed by atoms with Gasteiger partial charge in [-0.2, -0.15) is 0 Å². The molecule has 0 radical (unpaired) electrons. The van der Waals surface area contributed by atoms with Crippen LogP contribution in [0.2, 0.25) is 0 Å². The van der Waals surface area contributed by atoms with Crippen LogP contribution in [0.4, 0.5) is 0 Å². The predicted molar refractivity (Wildman–Crippen MR) is 86.5 cm³/mol. The summed E-state index contributed by atoms with van der Waals surface area (Å²) in [7, 11) is 0. The zero-order valence-corrected chi connectivity index (χ0v) is 12.7. The van der Waals surface area contributed by atoms with Gasteiger partial charge in [0.15, 0.2) is 0 Å². The summed E-state index contributed by atoms with van der Waals surface area (Å²) in [5, 5.41) is 2.82. The molecule has 1 aromatic carbocycles. The van der Waals surface area contributed by atoms with E-state index in [-0.39, 0.29) is 5.91 Å². The minimum absolute atomic E-state index is 0.143. The van der Waals surface area contributed by atoms with Crippen LogP contribution in [0.15, 0.2) is 51.7 Å². The van der Waals surface area contributed by atoms with Crippen molar-refractivity contribution in [3.8, 4) is 0 Å². The molecular formula is C18H18N2O2. The van der Waals surface area contributed by atoms with Crippen LogP contribution >= 0.6 is 0 Å². The molecule has 0 unspecified atom stereocenters. The monoisotopic (exact) mass is 294 g/mol. The fourth-order valence-electron chi connectivity index (χ4n) is 2.39. The molecule has 1 amide bonds. The molecule has 4 heteroatoms. The van der Waals surface area contributed by atoms with Crippen LogP contribution in [-0.4, -0.2) is 11.7 Å². The van der Waals surface area contributed by atoms with Crippen LogP contribution in [0.3, 0.4) is 0 Å². The van der Waals surface area contributed by atoms with Gasteiger partial charge in [-0.1, -0.05) is 23.8 Å². The summed E-state index contributed by atoms with van der Waals surface area (Å²) in [4.78, 5) is 16.4. The van der Waals surface area contributed by atoms with Crippen molar-refractivity contribution < 1.29 is 9.21 Å². The Morgan fingerprint density at radius 2 is 2.09 bits per heavy atom. The molecule has 0 fully saturated rings. The third-order valence-electron chi connectivity index (χ3n) is 3.66. The Morgan fingerprint density at radius 3 is 2.86 bits per heavy atom. The van der Waals surface area contributed by atoms with Gasteiger partial charge < -0.3 is 9.73 Å². The van der Waals surface area contributed by atoms with Crippen molar-refractivity contribution in [2.75, 3.05) is 0 Å². The highest BCUT2D eigenvalue weighted by Crippen LogP contribution is 2.18. The number of nitrogens with one attached hydrogen (secondary N) is 1. The Balaban J connectivity index is 1.77. The topological polar surface area (TPSA) is 54.6 Å². The molecule has 0 bridgehead atoms. The Kier molecular flexibility index (Phi) is 3.92. The van der Waals surface area contributed by atoms with Gasteiger partial charge in [-0.25, -0.2) is 4.99 Å². The first kappa shape index (κ1) is 14.3. The molecular weight excluding hydrogens is 276 g/mol. The van der Waals surface area contributed by atoms with Crippen molar-refractivity contribution in [1.29, 1.82) is 0 Å². The van der Waals surface area contributed by atoms with Gasteiger partial charge in [-0.15, -0.1) is 0 Å². The van der Waals surface area contributed by atoms with Crippen molar-refractivity contribution in [2.45, 2.75) is 26.7 Å². The summed E-state index contributed by atoms with van der Waals surface area (Å²) in [5.41, 5.74) is 3.78. The van der Waals surface area contributed by atoms with Gasteiger partial charge in [0.25, 0.3) is 5.91 Å². The van der Waals surface area contributed by atoms with Crippen molar-refractivity contribution in [3.05, 3.63) is 64.7 Å². The van der Waals surface area contributed by atoms with E-state index < -0.39 is 0 Å². The fourth-order valence-corrected chi connectivity index (χ4v) is 2.39. The molecule has 0 atom stereocenters. The lowest BCUT2D eigenvalue weighted by Gasteiger charge is -2.02. The summed E-state index contributed by atoms with van der Waals surface area (Å²) in [5.74, 6) is 1.44. The normalized spacial score (nSPS) is 16.0. The number of benzene rings is 1. The lowest BCUT2D eigenvalue weighted by molar-refractivity contribution is -0.115. The minimum atomic E-state index is -0.143. The fraction of sp³-hybridized carbons (Fsp3) is 0.222. The molecule has 1 aliphatic heterocycles. The molecule has 1 aromatic heterocycles. The quantitative estimate of drug-likeness (QED) is 0.879. The molecule has 0 saturated carbocycles. The van der Waals surface area contributed by atoms with E-state index in [9.17, 15) is 4.79 Å². The molecule has 2 heterocycles. The van der Waals surface area contributed by atoms with Gasteiger partial charge in [0.1, 0.15) is 17.3 Å². The highest BCUT2D eigenvalue weighted by atomic mass is 16.3. The summed E-state index contributed by atoms with van der Waals surface area (Å²) < 4.78 is 5.29. The van der Waals surface area contributed by atoms with Crippen LogP contribution in [0.25, 0.3) is 6.08 Å².